The number of carbonyl (C=O) groups excluding carboxylic acids is 1. The van der Waals surface area contributed by atoms with Gasteiger partial charge in [-0.25, -0.2) is 0 Å². The molecule has 1 fully saturated rings. The van der Waals surface area contributed by atoms with Gasteiger partial charge in [-0.3, -0.25) is 4.79 Å². The lowest BCUT2D eigenvalue weighted by Gasteiger charge is -2.13. The first-order valence-electron chi connectivity index (χ1n) is 5.92. The van der Waals surface area contributed by atoms with Crippen molar-refractivity contribution in [2.75, 3.05) is 0 Å². The van der Waals surface area contributed by atoms with E-state index in [1.54, 1.807) is 11.3 Å². The highest BCUT2D eigenvalue weighted by molar-refractivity contribution is 7.10. The van der Waals surface area contributed by atoms with Gasteiger partial charge in [0.1, 0.15) is 5.78 Å². The predicted octanol–water partition coefficient (Wildman–Crippen LogP) is 3.59. The zero-order valence-electron chi connectivity index (χ0n) is 9.56. The second-order valence-electron chi connectivity index (χ2n) is 4.63. The molecule has 2 heteroatoms. The Bertz CT molecular complexity index is 509. The molecule has 0 bridgehead atoms. The van der Waals surface area contributed by atoms with E-state index in [0.29, 0.717) is 12.2 Å². The van der Waals surface area contributed by atoms with Crippen molar-refractivity contribution >= 4 is 17.1 Å². The summed E-state index contributed by atoms with van der Waals surface area (Å²) in [4.78, 5) is 13.6. The quantitative estimate of drug-likeness (QED) is 0.800. The topological polar surface area (TPSA) is 17.1 Å². The molecule has 0 spiro atoms. The molecule has 1 aromatic carbocycles. The van der Waals surface area contributed by atoms with Crippen molar-refractivity contribution in [1.82, 2.24) is 0 Å². The van der Waals surface area contributed by atoms with Crippen LogP contribution in [0.4, 0.5) is 0 Å². The Balaban J connectivity index is 1.82. The summed E-state index contributed by atoms with van der Waals surface area (Å²) >= 11 is 1.67. The van der Waals surface area contributed by atoms with Crippen LogP contribution < -0.4 is 0 Å². The van der Waals surface area contributed by atoms with Crippen molar-refractivity contribution in [2.24, 2.45) is 0 Å². The molecule has 1 aromatic heterocycles. The molecule has 1 aliphatic carbocycles. The number of carbonyl (C=O) groups is 1. The molecule has 3 rings (SSSR count). The molecule has 1 aliphatic rings. The fraction of sp³-hybridized carbons (Fsp3) is 0.267. The van der Waals surface area contributed by atoms with Gasteiger partial charge in [-0.15, -0.1) is 11.3 Å². The lowest BCUT2D eigenvalue weighted by atomic mass is 9.89. The first kappa shape index (κ1) is 10.7. The molecule has 1 heterocycles. The van der Waals surface area contributed by atoms with Crippen LogP contribution in [0.15, 0.2) is 47.8 Å². The summed E-state index contributed by atoms with van der Waals surface area (Å²) in [5.41, 5.74) is 1.03. The highest BCUT2D eigenvalue weighted by Gasteiger charge is 2.50. The number of hydrogen-bond acceptors (Lipinski definition) is 2. The van der Waals surface area contributed by atoms with Crippen LogP contribution in [0, 0.1) is 0 Å². The van der Waals surface area contributed by atoms with E-state index in [1.807, 2.05) is 35.7 Å². The molecular weight excluding hydrogens is 228 g/mol. The van der Waals surface area contributed by atoms with Crippen LogP contribution in [0.3, 0.4) is 0 Å². The van der Waals surface area contributed by atoms with E-state index in [-0.39, 0.29) is 5.41 Å². The Hall–Kier alpha value is -1.41. The van der Waals surface area contributed by atoms with Gasteiger partial charge in [0.15, 0.2) is 0 Å². The van der Waals surface area contributed by atoms with Crippen LogP contribution in [-0.2, 0) is 16.6 Å². The van der Waals surface area contributed by atoms with Gasteiger partial charge in [-0.1, -0.05) is 36.4 Å². The highest BCUT2D eigenvalue weighted by atomic mass is 32.1. The molecule has 0 aliphatic heterocycles. The van der Waals surface area contributed by atoms with Crippen LogP contribution in [0.25, 0.3) is 0 Å². The molecule has 0 amide bonds. The van der Waals surface area contributed by atoms with E-state index in [1.165, 1.54) is 10.4 Å². The molecule has 0 radical (unpaired) electrons. The van der Waals surface area contributed by atoms with Crippen LogP contribution >= 0.6 is 11.3 Å². The Morgan fingerprint density at radius 2 is 1.88 bits per heavy atom. The van der Waals surface area contributed by atoms with E-state index in [0.717, 1.165) is 12.8 Å². The van der Waals surface area contributed by atoms with Gasteiger partial charge in [0.25, 0.3) is 0 Å². The second kappa shape index (κ2) is 4.11. The van der Waals surface area contributed by atoms with Crippen LogP contribution in [0.5, 0.6) is 0 Å². The van der Waals surface area contributed by atoms with Crippen LogP contribution in [0.1, 0.15) is 23.3 Å². The minimum Gasteiger partial charge on any atom is -0.298 e. The first-order valence-corrected chi connectivity index (χ1v) is 6.80. The Morgan fingerprint density at radius 3 is 2.47 bits per heavy atom. The Morgan fingerprint density at radius 1 is 1.12 bits per heavy atom. The van der Waals surface area contributed by atoms with Crippen molar-refractivity contribution < 1.29 is 4.79 Å². The van der Waals surface area contributed by atoms with Crippen molar-refractivity contribution in [1.29, 1.82) is 0 Å². The lowest BCUT2D eigenvalue weighted by molar-refractivity contribution is -0.120. The Labute approximate surface area is 105 Å². The van der Waals surface area contributed by atoms with Gasteiger partial charge < -0.3 is 0 Å². The zero-order valence-corrected chi connectivity index (χ0v) is 10.4. The number of rotatable bonds is 4. The lowest BCUT2D eigenvalue weighted by Crippen LogP contribution is -2.22. The maximum absolute atomic E-state index is 12.4. The zero-order chi connectivity index (χ0) is 11.7. The van der Waals surface area contributed by atoms with E-state index in [2.05, 4.69) is 12.1 Å². The van der Waals surface area contributed by atoms with E-state index in [9.17, 15) is 4.79 Å². The average molecular weight is 242 g/mol. The number of thiophene rings is 1. The predicted molar refractivity (Wildman–Crippen MR) is 70.4 cm³/mol. The molecule has 86 valence electrons. The Kier molecular flexibility index (Phi) is 2.60. The minimum absolute atomic E-state index is 0.161. The SMILES string of the molecule is O=C(Cc1cccs1)C1(c2ccccc2)CC1. The summed E-state index contributed by atoms with van der Waals surface area (Å²) in [6, 6.07) is 14.3. The summed E-state index contributed by atoms with van der Waals surface area (Å²) in [7, 11) is 0. The normalized spacial score (nSPS) is 16.7. The third kappa shape index (κ3) is 1.93. The summed E-state index contributed by atoms with van der Waals surface area (Å²) < 4.78 is 0. The van der Waals surface area contributed by atoms with Crippen molar-refractivity contribution in [3.05, 3.63) is 58.3 Å². The standard InChI is InChI=1S/C15H14OS/c16-14(11-13-7-4-10-17-13)15(8-9-15)12-5-2-1-3-6-12/h1-7,10H,8-9,11H2. The summed E-state index contributed by atoms with van der Waals surface area (Å²) in [5.74, 6) is 0.381. The largest absolute Gasteiger partial charge is 0.298 e. The minimum atomic E-state index is -0.161. The van der Waals surface area contributed by atoms with Crippen molar-refractivity contribution in [3.63, 3.8) is 0 Å². The fourth-order valence-electron chi connectivity index (χ4n) is 2.35. The molecule has 0 unspecified atom stereocenters. The van der Waals surface area contributed by atoms with Gasteiger partial charge in [-0.05, 0) is 29.9 Å². The number of hydrogen-bond donors (Lipinski definition) is 0. The number of ketones is 1. The molecule has 0 atom stereocenters. The first-order chi connectivity index (χ1) is 8.31. The van der Waals surface area contributed by atoms with Crippen molar-refractivity contribution in [3.8, 4) is 0 Å². The monoisotopic (exact) mass is 242 g/mol. The molecule has 1 nitrogen and oxygen atoms in total. The van der Waals surface area contributed by atoms with Gasteiger partial charge in [0.2, 0.25) is 0 Å². The number of Topliss-reactive ketones (excluding diaryl/α,β-unsaturated/α-hetero) is 1. The van der Waals surface area contributed by atoms with Crippen LogP contribution in [0.2, 0.25) is 0 Å². The molecular formula is C15H14OS. The van der Waals surface area contributed by atoms with Crippen molar-refractivity contribution in [2.45, 2.75) is 24.7 Å². The van der Waals surface area contributed by atoms with Crippen LogP contribution in [-0.4, -0.2) is 5.78 Å². The summed E-state index contributed by atoms with van der Waals surface area (Å²) in [6.45, 7) is 0. The van der Waals surface area contributed by atoms with E-state index in [4.69, 9.17) is 0 Å². The smallest absolute Gasteiger partial charge is 0.148 e. The van der Waals surface area contributed by atoms with E-state index >= 15 is 0 Å². The fourth-order valence-corrected chi connectivity index (χ4v) is 3.05. The maximum Gasteiger partial charge on any atom is 0.148 e. The molecule has 0 N–H and O–H groups in total. The maximum atomic E-state index is 12.4. The molecule has 0 saturated heterocycles. The third-order valence-corrected chi connectivity index (χ3v) is 4.40. The van der Waals surface area contributed by atoms with Gasteiger partial charge in [0, 0.05) is 11.3 Å². The van der Waals surface area contributed by atoms with Gasteiger partial charge in [0.05, 0.1) is 5.41 Å². The average Bonchev–Trinajstić information content (AvgIpc) is 3.04. The molecule has 2 aromatic rings. The van der Waals surface area contributed by atoms with E-state index < -0.39 is 0 Å². The summed E-state index contributed by atoms with van der Waals surface area (Å²) in [5, 5.41) is 2.03. The number of benzene rings is 1. The molecule has 17 heavy (non-hydrogen) atoms. The summed E-state index contributed by atoms with van der Waals surface area (Å²) in [6.07, 6.45) is 2.62. The molecule has 1 saturated carbocycles. The van der Waals surface area contributed by atoms with Gasteiger partial charge in [-0.2, -0.15) is 0 Å². The third-order valence-electron chi connectivity index (χ3n) is 3.53. The van der Waals surface area contributed by atoms with Gasteiger partial charge >= 0.3 is 0 Å². The second-order valence-corrected chi connectivity index (χ2v) is 5.66. The highest BCUT2D eigenvalue weighted by Crippen LogP contribution is 2.49.